The summed E-state index contributed by atoms with van der Waals surface area (Å²) in [6.07, 6.45) is 8.89. The van der Waals surface area contributed by atoms with E-state index >= 15 is 0 Å². The molecule has 2 aliphatic rings. The number of piperidine rings is 1. The van der Waals surface area contributed by atoms with Gasteiger partial charge in [0.05, 0.1) is 29.0 Å². The van der Waals surface area contributed by atoms with Crippen molar-refractivity contribution in [3.8, 4) is 11.3 Å². The summed E-state index contributed by atoms with van der Waals surface area (Å²) in [4.78, 5) is 25.7. The van der Waals surface area contributed by atoms with Crippen LogP contribution in [0.25, 0.3) is 11.3 Å². The molecule has 3 N–H and O–H groups in total. The number of aromatic nitrogens is 3. The highest BCUT2D eigenvalue weighted by Crippen LogP contribution is 2.28. The summed E-state index contributed by atoms with van der Waals surface area (Å²) in [6, 6.07) is 1.75. The second-order valence-electron chi connectivity index (χ2n) is 7.81. The van der Waals surface area contributed by atoms with E-state index in [-0.39, 0.29) is 11.8 Å². The van der Waals surface area contributed by atoms with Crippen molar-refractivity contribution in [2.24, 2.45) is 11.8 Å². The molecule has 0 radical (unpaired) electrons. The normalized spacial score (nSPS) is 20.0. The van der Waals surface area contributed by atoms with Crippen LogP contribution in [0.3, 0.4) is 0 Å². The van der Waals surface area contributed by atoms with E-state index in [4.69, 9.17) is 16.3 Å². The van der Waals surface area contributed by atoms with Gasteiger partial charge in [0.1, 0.15) is 11.6 Å². The number of nitrogens with one attached hydrogen (secondary N) is 3. The van der Waals surface area contributed by atoms with Crippen molar-refractivity contribution in [3.05, 3.63) is 29.7 Å². The second kappa shape index (κ2) is 10.1. The number of carbonyl (C=O) groups excluding carboxylic acids is 1. The molecule has 1 atom stereocenters. The van der Waals surface area contributed by atoms with Crippen molar-refractivity contribution in [1.29, 1.82) is 0 Å². The molecule has 2 aromatic heterocycles. The molecule has 2 saturated heterocycles. The van der Waals surface area contributed by atoms with Gasteiger partial charge in [-0.05, 0) is 44.2 Å². The van der Waals surface area contributed by atoms with Crippen molar-refractivity contribution in [1.82, 2.24) is 20.3 Å². The predicted molar refractivity (Wildman–Crippen MR) is 117 cm³/mol. The molecule has 4 heterocycles. The third-order valence-corrected chi connectivity index (χ3v) is 5.90. The Morgan fingerprint density at radius 2 is 2.07 bits per heavy atom. The number of anilines is 2. The van der Waals surface area contributed by atoms with Crippen LogP contribution in [-0.4, -0.2) is 53.7 Å². The Morgan fingerprint density at radius 1 is 1.20 bits per heavy atom. The lowest BCUT2D eigenvalue weighted by Gasteiger charge is -2.22. The van der Waals surface area contributed by atoms with E-state index in [1.165, 1.54) is 6.20 Å². The summed E-state index contributed by atoms with van der Waals surface area (Å²) in [6.45, 7) is 4.12. The van der Waals surface area contributed by atoms with Crippen LogP contribution in [0.2, 0.25) is 5.02 Å². The van der Waals surface area contributed by atoms with Gasteiger partial charge >= 0.3 is 0 Å². The van der Waals surface area contributed by atoms with E-state index in [2.05, 4.69) is 30.9 Å². The van der Waals surface area contributed by atoms with Crippen LogP contribution in [0.15, 0.2) is 24.7 Å². The van der Waals surface area contributed by atoms with Gasteiger partial charge in [-0.3, -0.25) is 9.78 Å². The molecular weight excluding hydrogens is 404 g/mol. The van der Waals surface area contributed by atoms with Gasteiger partial charge in [0.2, 0.25) is 5.91 Å². The van der Waals surface area contributed by atoms with Gasteiger partial charge in [-0.25, -0.2) is 9.97 Å². The van der Waals surface area contributed by atoms with Crippen LogP contribution in [0.1, 0.15) is 25.7 Å². The fourth-order valence-electron chi connectivity index (χ4n) is 3.79. The van der Waals surface area contributed by atoms with Crippen LogP contribution in [0, 0.1) is 11.8 Å². The molecule has 160 valence electrons. The van der Waals surface area contributed by atoms with Crippen molar-refractivity contribution in [3.63, 3.8) is 0 Å². The van der Waals surface area contributed by atoms with Crippen molar-refractivity contribution in [2.45, 2.75) is 25.7 Å². The quantitative estimate of drug-likeness (QED) is 0.647. The summed E-state index contributed by atoms with van der Waals surface area (Å²) in [5.41, 5.74) is 1.32. The number of carbonyl (C=O) groups is 1. The molecule has 2 aliphatic heterocycles. The lowest BCUT2D eigenvalue weighted by Crippen LogP contribution is -2.37. The predicted octanol–water partition coefficient (Wildman–Crippen LogP) is 2.97. The molecule has 0 bridgehead atoms. The van der Waals surface area contributed by atoms with E-state index in [1.54, 1.807) is 18.5 Å². The number of ether oxygens (including phenoxy) is 1. The Bertz CT molecular complexity index is 868. The Morgan fingerprint density at radius 3 is 2.87 bits per heavy atom. The second-order valence-corrected chi connectivity index (χ2v) is 8.22. The van der Waals surface area contributed by atoms with Crippen molar-refractivity contribution in [2.75, 3.05) is 43.5 Å². The first kappa shape index (κ1) is 21.0. The number of amides is 1. The van der Waals surface area contributed by atoms with Gasteiger partial charge in [0, 0.05) is 38.1 Å². The Hall–Kier alpha value is -2.29. The zero-order valence-electron chi connectivity index (χ0n) is 16.9. The molecule has 0 unspecified atom stereocenters. The maximum Gasteiger partial charge on any atom is 0.229 e. The highest BCUT2D eigenvalue weighted by atomic mass is 35.5. The van der Waals surface area contributed by atoms with Gasteiger partial charge < -0.3 is 20.7 Å². The van der Waals surface area contributed by atoms with E-state index in [0.29, 0.717) is 40.4 Å². The fraction of sp³-hybridized carbons (Fsp3) is 0.524. The molecule has 9 heteroatoms. The smallest absolute Gasteiger partial charge is 0.229 e. The van der Waals surface area contributed by atoms with E-state index < -0.39 is 0 Å². The highest BCUT2D eigenvalue weighted by Gasteiger charge is 2.21. The fourth-order valence-corrected chi connectivity index (χ4v) is 3.99. The maximum absolute atomic E-state index is 12.5. The number of rotatable bonds is 6. The van der Waals surface area contributed by atoms with E-state index in [1.807, 2.05) is 0 Å². The molecule has 2 fully saturated rings. The minimum absolute atomic E-state index is 0.0269. The summed E-state index contributed by atoms with van der Waals surface area (Å²) < 4.78 is 5.41. The molecule has 0 aromatic carbocycles. The molecule has 0 aliphatic carbocycles. The molecule has 0 saturated carbocycles. The van der Waals surface area contributed by atoms with Gasteiger partial charge in [0.15, 0.2) is 0 Å². The monoisotopic (exact) mass is 430 g/mol. The van der Waals surface area contributed by atoms with Gasteiger partial charge in [0.25, 0.3) is 0 Å². The first-order valence-corrected chi connectivity index (χ1v) is 10.9. The summed E-state index contributed by atoms with van der Waals surface area (Å²) in [5.74, 6) is 1.67. The minimum atomic E-state index is -0.0443. The van der Waals surface area contributed by atoms with Crippen molar-refractivity contribution >= 4 is 29.1 Å². The van der Waals surface area contributed by atoms with Gasteiger partial charge in [-0.1, -0.05) is 11.6 Å². The summed E-state index contributed by atoms with van der Waals surface area (Å²) in [7, 11) is 0. The third kappa shape index (κ3) is 5.44. The zero-order valence-corrected chi connectivity index (χ0v) is 17.6. The summed E-state index contributed by atoms with van der Waals surface area (Å²) >= 11 is 6.38. The molecule has 4 rings (SSSR count). The van der Waals surface area contributed by atoms with Crippen LogP contribution >= 0.6 is 11.6 Å². The molecule has 1 amide bonds. The zero-order chi connectivity index (χ0) is 20.8. The molecule has 30 heavy (non-hydrogen) atoms. The molecular formula is C21H27ClN6O2. The highest BCUT2D eigenvalue weighted by molar-refractivity contribution is 6.33. The summed E-state index contributed by atoms with van der Waals surface area (Å²) in [5, 5.41) is 9.99. The van der Waals surface area contributed by atoms with Gasteiger partial charge in [-0.2, -0.15) is 0 Å². The first-order valence-electron chi connectivity index (χ1n) is 10.5. The van der Waals surface area contributed by atoms with Gasteiger partial charge in [-0.15, -0.1) is 0 Å². The Balaban J connectivity index is 1.45. The average Bonchev–Trinajstić information content (AvgIpc) is 2.80. The van der Waals surface area contributed by atoms with Crippen LogP contribution in [-0.2, 0) is 9.53 Å². The number of pyridine rings is 1. The van der Waals surface area contributed by atoms with Crippen LogP contribution in [0.5, 0.6) is 0 Å². The standard InChI is InChI=1S/C21H27ClN6O2/c22-17-11-26-19(28-21(29)15-2-1-5-23-10-15)8-16(17)18-12-24-13-20(27-18)25-9-14-3-6-30-7-4-14/h8,11-15,23H,1-7,9-10H2,(H,25,27)(H,26,28,29)/t15-/m1/s1. The SMILES string of the molecule is O=C(Nc1cc(-c2cncc(NCC3CCOCC3)n2)c(Cl)cn1)[C@@H]1CCCNC1. The lowest BCUT2D eigenvalue weighted by atomic mass is 9.99. The largest absolute Gasteiger partial charge is 0.381 e. The van der Waals surface area contributed by atoms with E-state index in [0.717, 1.165) is 52.0 Å². The lowest BCUT2D eigenvalue weighted by molar-refractivity contribution is -0.120. The number of nitrogens with zero attached hydrogens (tertiary/aromatic N) is 3. The molecule has 0 spiro atoms. The number of hydrogen-bond acceptors (Lipinski definition) is 7. The average molecular weight is 431 g/mol. The van der Waals surface area contributed by atoms with Crippen LogP contribution in [0.4, 0.5) is 11.6 Å². The molecule has 8 nitrogen and oxygen atoms in total. The molecule has 2 aromatic rings. The maximum atomic E-state index is 12.5. The Labute approximate surface area is 181 Å². The number of hydrogen-bond donors (Lipinski definition) is 3. The first-order chi connectivity index (χ1) is 14.7. The van der Waals surface area contributed by atoms with Crippen LogP contribution < -0.4 is 16.0 Å². The Kier molecular flexibility index (Phi) is 7.09. The minimum Gasteiger partial charge on any atom is -0.381 e. The topological polar surface area (TPSA) is 101 Å². The van der Waals surface area contributed by atoms with E-state index in [9.17, 15) is 4.79 Å². The van der Waals surface area contributed by atoms with Crippen molar-refractivity contribution < 1.29 is 9.53 Å². The number of halogens is 1. The third-order valence-electron chi connectivity index (χ3n) is 5.60.